The number of nitrogens with zero attached hydrogens (tertiary/aromatic N) is 1. The van der Waals surface area contributed by atoms with Gasteiger partial charge < -0.3 is 9.64 Å². The maximum Gasteiger partial charge on any atom is 0.227 e. The van der Waals surface area contributed by atoms with Gasteiger partial charge in [-0.1, -0.05) is 28.1 Å². The zero-order valence-corrected chi connectivity index (χ0v) is 13.6. The summed E-state index contributed by atoms with van der Waals surface area (Å²) >= 11 is 3.82. The van der Waals surface area contributed by atoms with E-state index in [0.29, 0.717) is 6.42 Å². The smallest absolute Gasteiger partial charge is 0.227 e. The summed E-state index contributed by atoms with van der Waals surface area (Å²) in [6.45, 7) is 3.02. The lowest BCUT2D eigenvalue weighted by Gasteiger charge is -2.31. The van der Waals surface area contributed by atoms with Crippen LogP contribution in [0, 0.1) is 0 Å². The van der Waals surface area contributed by atoms with Gasteiger partial charge in [0.15, 0.2) is 0 Å². The SMILES string of the molecule is CN1C(=O)CCc2cc(C(Br)C3(C)CCCO3)ccc21. The molecule has 1 aromatic carbocycles. The molecule has 2 atom stereocenters. The van der Waals surface area contributed by atoms with E-state index in [1.165, 1.54) is 11.1 Å². The molecule has 20 heavy (non-hydrogen) atoms. The Balaban J connectivity index is 1.91. The minimum atomic E-state index is -0.120. The second-order valence-corrected chi connectivity index (χ2v) is 6.88. The summed E-state index contributed by atoms with van der Waals surface area (Å²) in [6.07, 6.45) is 3.65. The summed E-state index contributed by atoms with van der Waals surface area (Å²) in [7, 11) is 1.85. The molecule has 0 radical (unpaired) electrons. The number of halogens is 1. The van der Waals surface area contributed by atoms with Crippen molar-refractivity contribution >= 4 is 27.5 Å². The number of ether oxygens (including phenoxy) is 1. The summed E-state index contributed by atoms with van der Waals surface area (Å²) in [5, 5.41) is 0. The zero-order valence-electron chi connectivity index (χ0n) is 12.0. The number of fused-ring (bicyclic) bond motifs is 1. The van der Waals surface area contributed by atoms with Gasteiger partial charge in [0.2, 0.25) is 5.91 Å². The third kappa shape index (κ3) is 2.29. The van der Waals surface area contributed by atoms with Crippen LogP contribution < -0.4 is 4.90 Å². The van der Waals surface area contributed by atoms with E-state index < -0.39 is 0 Å². The topological polar surface area (TPSA) is 29.5 Å². The fourth-order valence-corrected chi connectivity index (χ4v) is 3.83. The Labute approximate surface area is 128 Å². The van der Waals surface area contributed by atoms with Gasteiger partial charge in [-0.15, -0.1) is 0 Å². The largest absolute Gasteiger partial charge is 0.374 e. The zero-order chi connectivity index (χ0) is 14.3. The number of hydrogen-bond donors (Lipinski definition) is 0. The summed E-state index contributed by atoms with van der Waals surface area (Å²) in [5.74, 6) is 0.201. The summed E-state index contributed by atoms with van der Waals surface area (Å²) < 4.78 is 5.93. The molecular formula is C16H20BrNO2. The summed E-state index contributed by atoms with van der Waals surface area (Å²) in [6, 6.07) is 6.40. The van der Waals surface area contributed by atoms with Crippen LogP contribution in [0.15, 0.2) is 18.2 Å². The number of benzene rings is 1. The number of carbonyl (C=O) groups excluding carboxylic acids is 1. The van der Waals surface area contributed by atoms with Crippen molar-refractivity contribution in [2.75, 3.05) is 18.6 Å². The van der Waals surface area contributed by atoms with E-state index in [1.807, 2.05) is 7.05 Å². The van der Waals surface area contributed by atoms with Crippen molar-refractivity contribution in [1.29, 1.82) is 0 Å². The second-order valence-electron chi connectivity index (χ2n) is 5.97. The van der Waals surface area contributed by atoms with Gasteiger partial charge in [0, 0.05) is 25.8 Å². The van der Waals surface area contributed by atoms with Crippen molar-refractivity contribution in [3.63, 3.8) is 0 Å². The van der Waals surface area contributed by atoms with Crippen LogP contribution in [0.2, 0.25) is 0 Å². The van der Waals surface area contributed by atoms with E-state index in [0.717, 1.165) is 31.6 Å². The molecule has 0 aromatic heterocycles. The fraction of sp³-hybridized carbons (Fsp3) is 0.562. The van der Waals surface area contributed by atoms with Gasteiger partial charge in [-0.05, 0) is 43.4 Å². The molecule has 2 aliphatic rings. The van der Waals surface area contributed by atoms with Crippen LogP contribution in [0.4, 0.5) is 5.69 Å². The first-order chi connectivity index (χ1) is 9.51. The Kier molecular flexibility index (Phi) is 3.63. The van der Waals surface area contributed by atoms with Crippen LogP contribution in [0.25, 0.3) is 0 Å². The van der Waals surface area contributed by atoms with Gasteiger partial charge in [-0.3, -0.25) is 4.79 Å². The van der Waals surface area contributed by atoms with E-state index in [-0.39, 0.29) is 16.3 Å². The molecule has 4 heteroatoms. The fourth-order valence-electron chi connectivity index (χ4n) is 3.19. The van der Waals surface area contributed by atoms with Crippen LogP contribution in [0.3, 0.4) is 0 Å². The van der Waals surface area contributed by atoms with Gasteiger partial charge in [0.25, 0.3) is 0 Å². The minimum absolute atomic E-state index is 0.120. The van der Waals surface area contributed by atoms with Crippen molar-refractivity contribution < 1.29 is 9.53 Å². The van der Waals surface area contributed by atoms with E-state index in [9.17, 15) is 4.79 Å². The highest BCUT2D eigenvalue weighted by molar-refractivity contribution is 9.09. The normalized spacial score (nSPS) is 27.6. The first-order valence-corrected chi connectivity index (χ1v) is 8.10. The monoisotopic (exact) mass is 337 g/mol. The van der Waals surface area contributed by atoms with Crippen molar-refractivity contribution in [2.45, 2.75) is 43.0 Å². The van der Waals surface area contributed by atoms with Crippen molar-refractivity contribution in [3.8, 4) is 0 Å². The van der Waals surface area contributed by atoms with Crippen LogP contribution >= 0.6 is 15.9 Å². The van der Waals surface area contributed by atoms with Gasteiger partial charge >= 0.3 is 0 Å². The standard InChI is InChI=1S/C16H20BrNO2/c1-16(8-3-9-20-16)15(17)12-4-6-13-11(10-12)5-7-14(19)18(13)2/h4,6,10,15H,3,5,7-9H2,1-2H3. The third-order valence-electron chi connectivity index (χ3n) is 4.53. The average Bonchev–Trinajstić information content (AvgIpc) is 2.90. The Morgan fingerprint density at radius 1 is 1.40 bits per heavy atom. The summed E-state index contributed by atoms with van der Waals surface area (Å²) in [5.41, 5.74) is 3.43. The van der Waals surface area contributed by atoms with Crippen molar-refractivity contribution in [2.24, 2.45) is 0 Å². The molecule has 108 valence electrons. The summed E-state index contributed by atoms with van der Waals surface area (Å²) in [4.78, 5) is 13.7. The molecule has 3 rings (SSSR count). The number of hydrogen-bond acceptors (Lipinski definition) is 2. The molecule has 1 fully saturated rings. The molecule has 0 aliphatic carbocycles. The Bertz CT molecular complexity index is 537. The number of amides is 1. The molecule has 0 N–H and O–H groups in total. The maximum absolute atomic E-state index is 11.7. The predicted octanol–water partition coefficient (Wildman–Crippen LogP) is 3.60. The van der Waals surface area contributed by atoms with E-state index >= 15 is 0 Å². The molecule has 2 heterocycles. The molecule has 0 saturated carbocycles. The first kappa shape index (κ1) is 14.1. The first-order valence-electron chi connectivity index (χ1n) is 7.19. The second kappa shape index (κ2) is 5.15. The lowest BCUT2D eigenvalue weighted by molar-refractivity contribution is -0.118. The number of aryl methyl sites for hydroxylation is 1. The van der Waals surface area contributed by atoms with Gasteiger partial charge in [0.1, 0.15) is 0 Å². The highest BCUT2D eigenvalue weighted by Crippen LogP contribution is 2.44. The maximum atomic E-state index is 11.7. The van der Waals surface area contributed by atoms with E-state index in [2.05, 4.69) is 41.1 Å². The molecular weight excluding hydrogens is 318 g/mol. The number of alkyl halides is 1. The molecule has 2 unspecified atom stereocenters. The average molecular weight is 338 g/mol. The van der Waals surface area contributed by atoms with E-state index in [1.54, 1.807) is 4.90 Å². The number of carbonyl (C=O) groups is 1. The highest BCUT2D eigenvalue weighted by Gasteiger charge is 2.38. The van der Waals surface area contributed by atoms with Crippen LogP contribution in [-0.2, 0) is 16.0 Å². The predicted molar refractivity (Wildman–Crippen MR) is 83.4 cm³/mol. The Morgan fingerprint density at radius 2 is 2.20 bits per heavy atom. The van der Waals surface area contributed by atoms with Crippen LogP contribution in [0.1, 0.15) is 42.1 Å². The minimum Gasteiger partial charge on any atom is -0.374 e. The molecule has 0 spiro atoms. The lowest BCUT2D eigenvalue weighted by atomic mass is 9.90. The van der Waals surface area contributed by atoms with Crippen LogP contribution in [-0.4, -0.2) is 25.2 Å². The van der Waals surface area contributed by atoms with Gasteiger partial charge in [0.05, 0.1) is 10.4 Å². The lowest BCUT2D eigenvalue weighted by Crippen LogP contribution is -2.32. The molecule has 0 bridgehead atoms. The quantitative estimate of drug-likeness (QED) is 0.771. The number of rotatable bonds is 2. The van der Waals surface area contributed by atoms with Gasteiger partial charge in [-0.2, -0.15) is 0 Å². The molecule has 1 amide bonds. The highest BCUT2D eigenvalue weighted by atomic mass is 79.9. The third-order valence-corrected chi connectivity index (χ3v) is 6.02. The molecule has 1 saturated heterocycles. The number of anilines is 1. The van der Waals surface area contributed by atoms with Crippen molar-refractivity contribution in [1.82, 2.24) is 0 Å². The van der Waals surface area contributed by atoms with Gasteiger partial charge in [-0.25, -0.2) is 0 Å². The Hall–Kier alpha value is -0.870. The Morgan fingerprint density at radius 3 is 2.90 bits per heavy atom. The molecule has 2 aliphatic heterocycles. The molecule has 3 nitrogen and oxygen atoms in total. The molecule has 1 aromatic rings. The van der Waals surface area contributed by atoms with Crippen molar-refractivity contribution in [3.05, 3.63) is 29.3 Å². The van der Waals surface area contributed by atoms with Crippen LogP contribution in [0.5, 0.6) is 0 Å². The van der Waals surface area contributed by atoms with E-state index in [4.69, 9.17) is 4.74 Å².